The highest BCUT2D eigenvalue weighted by molar-refractivity contribution is 9.10. The molecule has 4 nitrogen and oxygen atoms in total. The fraction of sp³-hybridized carbons (Fsp3) is 0.357. The highest BCUT2D eigenvalue weighted by Gasteiger charge is 2.19. The van der Waals surface area contributed by atoms with Crippen molar-refractivity contribution >= 4 is 27.7 Å². The van der Waals surface area contributed by atoms with Crippen molar-refractivity contribution in [1.82, 2.24) is 9.78 Å². The quantitative estimate of drug-likeness (QED) is 0.807. The van der Waals surface area contributed by atoms with Gasteiger partial charge in [0.15, 0.2) is 0 Å². The Morgan fingerprint density at radius 3 is 2.70 bits per heavy atom. The Bertz CT molecular complexity index is 557. The molecule has 0 fully saturated rings. The second-order valence-corrected chi connectivity index (χ2v) is 6.00. The van der Waals surface area contributed by atoms with Gasteiger partial charge >= 0.3 is 0 Å². The van der Waals surface area contributed by atoms with E-state index in [-0.39, 0.29) is 0 Å². The number of thioether (sulfide) groups is 1. The predicted octanol–water partition coefficient (Wildman–Crippen LogP) is 3.10. The van der Waals surface area contributed by atoms with Crippen LogP contribution in [0.4, 0.5) is 0 Å². The molecule has 1 atom stereocenters. The van der Waals surface area contributed by atoms with Crippen molar-refractivity contribution in [2.24, 2.45) is 0 Å². The van der Waals surface area contributed by atoms with Crippen molar-refractivity contribution in [3.8, 4) is 0 Å². The molecule has 0 aliphatic heterocycles. The molecule has 1 N–H and O–H groups in total. The van der Waals surface area contributed by atoms with E-state index in [0.29, 0.717) is 13.2 Å². The molecule has 0 saturated heterocycles. The Morgan fingerprint density at radius 2 is 2.10 bits per heavy atom. The third kappa shape index (κ3) is 3.44. The van der Waals surface area contributed by atoms with E-state index in [1.165, 1.54) is 4.90 Å². The second-order valence-electron chi connectivity index (χ2n) is 4.27. The number of rotatable bonds is 6. The van der Waals surface area contributed by atoms with Crippen LogP contribution in [0.3, 0.4) is 0 Å². The third-order valence-electron chi connectivity index (χ3n) is 3.03. The summed E-state index contributed by atoms with van der Waals surface area (Å²) in [6, 6.07) is 7.90. The van der Waals surface area contributed by atoms with Crippen LogP contribution in [0.1, 0.15) is 17.4 Å². The lowest BCUT2D eigenvalue weighted by Crippen LogP contribution is -2.13. The van der Waals surface area contributed by atoms with Gasteiger partial charge in [-0.2, -0.15) is 5.10 Å². The van der Waals surface area contributed by atoms with Crippen LogP contribution >= 0.6 is 27.7 Å². The lowest BCUT2D eigenvalue weighted by atomic mass is 10.1. The number of hydrogen-bond donors (Lipinski definition) is 1. The third-order valence-corrected chi connectivity index (χ3v) is 4.39. The Morgan fingerprint density at radius 1 is 1.40 bits per heavy atom. The first-order valence-corrected chi connectivity index (χ1v) is 8.21. The number of aliphatic hydroxyl groups is 1. The number of nitrogens with zero attached hydrogens (tertiary/aromatic N) is 2. The fourth-order valence-corrected chi connectivity index (χ4v) is 2.87. The Hall–Kier alpha value is -0.820. The number of aliphatic hydroxyl groups excluding tert-OH is 1. The molecule has 0 aliphatic carbocycles. The van der Waals surface area contributed by atoms with Crippen molar-refractivity contribution in [1.29, 1.82) is 0 Å². The molecule has 0 saturated carbocycles. The van der Waals surface area contributed by atoms with Gasteiger partial charge in [0.1, 0.15) is 6.10 Å². The van der Waals surface area contributed by atoms with Crippen molar-refractivity contribution in [3.63, 3.8) is 0 Å². The summed E-state index contributed by atoms with van der Waals surface area (Å²) in [6.07, 6.45) is 3.02. The SMILES string of the molecule is COCCn1ncc(Br)c1C(O)c1ccc(SC)cc1. The molecule has 1 aromatic heterocycles. The topological polar surface area (TPSA) is 47.3 Å². The van der Waals surface area contributed by atoms with E-state index < -0.39 is 6.10 Å². The van der Waals surface area contributed by atoms with Crippen LogP contribution in [0.15, 0.2) is 39.8 Å². The van der Waals surface area contributed by atoms with Crippen LogP contribution < -0.4 is 0 Å². The molecule has 0 radical (unpaired) electrons. The van der Waals surface area contributed by atoms with Crippen LogP contribution in [-0.4, -0.2) is 34.9 Å². The number of benzene rings is 1. The second kappa shape index (κ2) is 7.26. The Balaban J connectivity index is 2.26. The van der Waals surface area contributed by atoms with Crippen LogP contribution in [0.5, 0.6) is 0 Å². The molecule has 0 amide bonds. The first-order valence-electron chi connectivity index (χ1n) is 6.19. The van der Waals surface area contributed by atoms with E-state index >= 15 is 0 Å². The van der Waals surface area contributed by atoms with Crippen LogP contribution in [0.25, 0.3) is 0 Å². The molecule has 2 rings (SSSR count). The molecule has 20 heavy (non-hydrogen) atoms. The Kier molecular flexibility index (Phi) is 5.65. The van der Waals surface area contributed by atoms with Crippen molar-refractivity contribution in [2.45, 2.75) is 17.5 Å². The van der Waals surface area contributed by atoms with Crippen LogP contribution in [-0.2, 0) is 11.3 Å². The zero-order valence-electron chi connectivity index (χ0n) is 11.4. The number of methoxy groups -OCH3 is 1. The van der Waals surface area contributed by atoms with Gasteiger partial charge < -0.3 is 9.84 Å². The molecule has 1 unspecified atom stereocenters. The lowest BCUT2D eigenvalue weighted by Gasteiger charge is -2.15. The maximum atomic E-state index is 10.6. The van der Waals surface area contributed by atoms with Crippen molar-refractivity contribution in [2.75, 3.05) is 20.0 Å². The molecule has 0 bridgehead atoms. The summed E-state index contributed by atoms with van der Waals surface area (Å²) < 4.78 is 7.63. The van der Waals surface area contributed by atoms with Crippen LogP contribution in [0, 0.1) is 0 Å². The minimum absolute atomic E-state index is 0.555. The normalized spacial score (nSPS) is 12.6. The number of hydrogen-bond acceptors (Lipinski definition) is 4. The van der Waals surface area contributed by atoms with E-state index in [2.05, 4.69) is 21.0 Å². The highest BCUT2D eigenvalue weighted by atomic mass is 79.9. The monoisotopic (exact) mass is 356 g/mol. The number of ether oxygens (including phenoxy) is 1. The fourth-order valence-electron chi connectivity index (χ4n) is 1.94. The molecular formula is C14H17BrN2O2S. The van der Waals surface area contributed by atoms with Gasteiger partial charge in [-0.25, -0.2) is 0 Å². The van der Waals surface area contributed by atoms with E-state index in [0.717, 1.165) is 15.7 Å². The number of aromatic nitrogens is 2. The molecule has 0 spiro atoms. The molecular weight excluding hydrogens is 340 g/mol. The summed E-state index contributed by atoms with van der Waals surface area (Å²) in [6.45, 7) is 1.16. The van der Waals surface area contributed by atoms with Gasteiger partial charge in [0.25, 0.3) is 0 Å². The highest BCUT2D eigenvalue weighted by Crippen LogP contribution is 2.29. The molecule has 6 heteroatoms. The molecule has 2 aromatic rings. The summed E-state index contributed by atoms with van der Waals surface area (Å²) >= 11 is 5.13. The van der Waals surface area contributed by atoms with Gasteiger partial charge in [0.2, 0.25) is 0 Å². The molecule has 1 heterocycles. The van der Waals surface area contributed by atoms with Crippen LogP contribution in [0.2, 0.25) is 0 Å². The van der Waals surface area contributed by atoms with E-state index in [4.69, 9.17) is 4.74 Å². The summed E-state index contributed by atoms with van der Waals surface area (Å²) in [7, 11) is 1.65. The zero-order valence-corrected chi connectivity index (χ0v) is 13.8. The molecule has 1 aromatic carbocycles. The van der Waals surface area contributed by atoms with E-state index in [1.807, 2.05) is 30.5 Å². The summed E-state index contributed by atoms with van der Waals surface area (Å²) in [4.78, 5) is 1.17. The molecule has 108 valence electrons. The van der Waals surface area contributed by atoms with Gasteiger partial charge in [0, 0.05) is 12.0 Å². The summed E-state index contributed by atoms with van der Waals surface area (Å²) in [5.41, 5.74) is 1.60. The van der Waals surface area contributed by atoms with Gasteiger partial charge in [0.05, 0.1) is 29.5 Å². The van der Waals surface area contributed by atoms with Gasteiger partial charge in [-0.1, -0.05) is 12.1 Å². The standard InChI is InChI=1S/C14H17BrN2O2S/c1-19-8-7-17-13(12(15)9-16-17)14(18)10-3-5-11(20-2)6-4-10/h3-6,9,14,18H,7-8H2,1-2H3. The average molecular weight is 357 g/mol. The largest absolute Gasteiger partial charge is 0.383 e. The smallest absolute Gasteiger partial charge is 0.122 e. The van der Waals surface area contributed by atoms with Gasteiger partial charge in [-0.05, 0) is 39.9 Å². The molecule has 0 aliphatic rings. The van der Waals surface area contributed by atoms with E-state index in [9.17, 15) is 5.11 Å². The van der Waals surface area contributed by atoms with Gasteiger partial charge in [-0.3, -0.25) is 4.68 Å². The first-order chi connectivity index (χ1) is 9.67. The minimum Gasteiger partial charge on any atom is -0.383 e. The maximum Gasteiger partial charge on any atom is 0.122 e. The minimum atomic E-state index is -0.709. The average Bonchev–Trinajstić information content (AvgIpc) is 2.85. The lowest BCUT2D eigenvalue weighted by molar-refractivity contribution is 0.171. The maximum absolute atomic E-state index is 10.6. The van der Waals surface area contributed by atoms with Crippen molar-refractivity contribution in [3.05, 3.63) is 46.2 Å². The van der Waals surface area contributed by atoms with Crippen molar-refractivity contribution < 1.29 is 9.84 Å². The predicted molar refractivity (Wildman–Crippen MR) is 84.1 cm³/mol. The Labute approximate surface area is 131 Å². The summed E-state index contributed by atoms with van der Waals surface area (Å²) in [5.74, 6) is 0. The van der Waals surface area contributed by atoms with Gasteiger partial charge in [-0.15, -0.1) is 11.8 Å². The first kappa shape index (κ1) is 15.6. The summed E-state index contributed by atoms with van der Waals surface area (Å²) in [5, 5.41) is 14.8. The van der Waals surface area contributed by atoms with E-state index in [1.54, 1.807) is 29.8 Å². The zero-order chi connectivity index (χ0) is 14.5. The number of halogens is 1.